The number of amides is 3. The third-order valence-corrected chi connectivity index (χ3v) is 10.1. The van der Waals surface area contributed by atoms with Crippen molar-refractivity contribution in [1.29, 1.82) is 0 Å². The van der Waals surface area contributed by atoms with Crippen LogP contribution < -0.4 is 20.7 Å². The topological polar surface area (TPSA) is 142 Å². The molecule has 2 fully saturated rings. The van der Waals surface area contributed by atoms with Gasteiger partial charge in [0.2, 0.25) is 11.7 Å². The molecule has 57 heavy (non-hydrogen) atoms. The third kappa shape index (κ3) is 10.4. The highest BCUT2D eigenvalue weighted by Crippen LogP contribution is 2.33. The van der Waals surface area contributed by atoms with E-state index in [1.807, 2.05) is 20.8 Å². The number of carbonyl (C=O) groups excluding carboxylic acids is 3. The number of halogens is 5. The largest absolute Gasteiger partial charge is 0.444 e. The number of piperidine rings is 1. The Balaban J connectivity index is 0.926. The summed E-state index contributed by atoms with van der Waals surface area (Å²) in [6, 6.07) is 6.70. The molecule has 1 unspecified atom stereocenters. The van der Waals surface area contributed by atoms with E-state index in [9.17, 15) is 31.9 Å². The molecule has 0 saturated carbocycles. The average molecular weight is 817 g/mol. The molecule has 0 radical (unpaired) electrons. The van der Waals surface area contributed by atoms with Crippen LogP contribution in [0.5, 0.6) is 5.75 Å². The summed E-state index contributed by atoms with van der Waals surface area (Å²) in [6.45, 7) is 6.94. The van der Waals surface area contributed by atoms with Gasteiger partial charge in [0.05, 0.1) is 22.5 Å². The van der Waals surface area contributed by atoms with E-state index in [0.717, 1.165) is 51.0 Å². The van der Waals surface area contributed by atoms with Crippen molar-refractivity contribution in [3.8, 4) is 17.0 Å². The van der Waals surface area contributed by atoms with Gasteiger partial charge >= 0.3 is 12.7 Å². The maximum Gasteiger partial charge on any atom is 0.410 e. The van der Waals surface area contributed by atoms with Gasteiger partial charge in [0.1, 0.15) is 5.60 Å². The van der Waals surface area contributed by atoms with Crippen molar-refractivity contribution in [3.63, 3.8) is 0 Å². The zero-order valence-electron chi connectivity index (χ0n) is 31.8. The zero-order valence-corrected chi connectivity index (χ0v) is 32.6. The summed E-state index contributed by atoms with van der Waals surface area (Å²) in [4.78, 5) is 50.9. The van der Waals surface area contributed by atoms with Crippen LogP contribution in [0.4, 0.5) is 33.9 Å². The van der Waals surface area contributed by atoms with E-state index >= 15 is 0 Å². The summed E-state index contributed by atoms with van der Waals surface area (Å²) < 4.78 is 65.5. The Hall–Kier alpha value is -5.16. The van der Waals surface area contributed by atoms with Gasteiger partial charge in [-0.3, -0.25) is 14.0 Å². The average Bonchev–Trinajstić information content (AvgIpc) is 3.81. The lowest BCUT2D eigenvalue weighted by atomic mass is 9.95. The number of hydrogen-bond donors (Lipinski definition) is 3. The molecule has 2 aliphatic rings. The number of carbonyl (C=O) groups is 3. The number of likely N-dealkylation sites (tertiary alicyclic amines) is 2. The van der Waals surface area contributed by atoms with Crippen molar-refractivity contribution in [2.75, 3.05) is 51.1 Å². The highest BCUT2D eigenvalue weighted by Gasteiger charge is 2.32. The number of benzene rings is 2. The van der Waals surface area contributed by atoms with Crippen LogP contribution >= 0.6 is 11.6 Å². The first-order valence-electron chi connectivity index (χ1n) is 18.7. The van der Waals surface area contributed by atoms with Crippen LogP contribution in [0.2, 0.25) is 5.02 Å². The van der Waals surface area contributed by atoms with Gasteiger partial charge in [0.15, 0.2) is 23.0 Å². The first-order valence-corrected chi connectivity index (χ1v) is 19.1. The second-order valence-electron chi connectivity index (χ2n) is 15.1. The Morgan fingerprint density at radius 2 is 1.74 bits per heavy atom. The Labute approximate surface area is 332 Å². The van der Waals surface area contributed by atoms with Gasteiger partial charge < -0.3 is 35.2 Å². The van der Waals surface area contributed by atoms with Gasteiger partial charge in [-0.25, -0.2) is 19.2 Å². The zero-order chi connectivity index (χ0) is 40.9. The molecule has 0 aliphatic carbocycles. The smallest absolute Gasteiger partial charge is 0.410 e. The number of alkyl halides is 2. The van der Waals surface area contributed by atoms with E-state index < -0.39 is 29.6 Å². The maximum atomic E-state index is 14.9. The second kappa shape index (κ2) is 18.0. The quantitative estimate of drug-likeness (QED) is 0.0973. The fourth-order valence-electron chi connectivity index (χ4n) is 7.00. The van der Waals surface area contributed by atoms with Crippen molar-refractivity contribution in [2.24, 2.45) is 11.8 Å². The number of aromatic nitrogens is 3. The molecule has 0 bridgehead atoms. The van der Waals surface area contributed by atoms with Gasteiger partial charge in [0, 0.05) is 62.3 Å². The molecule has 4 aromatic rings. The van der Waals surface area contributed by atoms with E-state index in [0.29, 0.717) is 44.2 Å². The Bertz CT molecular complexity index is 2090. The molecule has 2 saturated heterocycles. The minimum absolute atomic E-state index is 0.0123. The normalized spacial score (nSPS) is 16.6. The van der Waals surface area contributed by atoms with E-state index in [2.05, 4.69) is 35.6 Å². The molecule has 3 amide bonds. The van der Waals surface area contributed by atoms with Crippen LogP contribution in [0.1, 0.15) is 56.8 Å². The van der Waals surface area contributed by atoms with Gasteiger partial charge in [0.25, 0.3) is 5.91 Å². The van der Waals surface area contributed by atoms with Gasteiger partial charge in [-0.2, -0.15) is 13.2 Å². The summed E-state index contributed by atoms with van der Waals surface area (Å²) >= 11 is 6.48. The molecule has 2 aromatic heterocycles. The number of ether oxygens (including phenoxy) is 2. The van der Waals surface area contributed by atoms with Crippen molar-refractivity contribution in [1.82, 2.24) is 34.8 Å². The lowest BCUT2D eigenvalue weighted by molar-refractivity contribution is -0.126. The van der Waals surface area contributed by atoms with Crippen LogP contribution in [0, 0.1) is 23.5 Å². The van der Waals surface area contributed by atoms with E-state index in [-0.39, 0.29) is 57.1 Å². The summed E-state index contributed by atoms with van der Waals surface area (Å²) in [5.41, 5.74) is 0.320. The standard InChI is InChI=1S/C39H45ClF4N8O5/c1-39(2,3)57-38(55)51-17-9-23(22-51)21-50-15-10-24(11-16-50)35(53)46-12-4-13-47-36(54)26-6-5-25(19-28(26)40)49-33-34-48-20-29(52(34)18-14-45-33)27-7-8-30(56-37(43)44)32(42)31(27)41/h5-8,14,18-20,23-24,37H,4,9-13,15-17,21-22H2,1-3H3,(H,45,49)(H,46,53)(H,47,54). The minimum atomic E-state index is -3.32. The fraction of sp³-hybridized carbons (Fsp3) is 0.462. The Kier molecular flexibility index (Phi) is 13.1. The molecule has 13 nitrogen and oxygen atoms in total. The predicted molar refractivity (Wildman–Crippen MR) is 205 cm³/mol. The number of hydrogen-bond acceptors (Lipinski definition) is 9. The Morgan fingerprint density at radius 1 is 0.982 bits per heavy atom. The third-order valence-electron chi connectivity index (χ3n) is 9.79. The van der Waals surface area contributed by atoms with Crippen LogP contribution in [0.3, 0.4) is 0 Å². The van der Waals surface area contributed by atoms with Crippen LogP contribution in [0.15, 0.2) is 48.9 Å². The van der Waals surface area contributed by atoms with E-state index in [1.165, 1.54) is 35.1 Å². The van der Waals surface area contributed by atoms with Crippen molar-refractivity contribution < 1.29 is 41.4 Å². The number of nitrogens with zero attached hydrogens (tertiary/aromatic N) is 5. The van der Waals surface area contributed by atoms with Crippen molar-refractivity contribution in [3.05, 3.63) is 71.1 Å². The molecule has 1 atom stereocenters. The lowest BCUT2D eigenvalue weighted by Crippen LogP contribution is -2.43. The number of fused-ring (bicyclic) bond motifs is 1. The predicted octanol–water partition coefficient (Wildman–Crippen LogP) is 6.88. The summed E-state index contributed by atoms with van der Waals surface area (Å²) in [7, 11) is 0. The molecular weight excluding hydrogens is 772 g/mol. The first kappa shape index (κ1) is 41.5. The molecule has 2 aromatic carbocycles. The fourth-order valence-corrected chi connectivity index (χ4v) is 7.26. The number of nitrogens with one attached hydrogen (secondary N) is 3. The molecule has 18 heteroatoms. The molecule has 4 heterocycles. The molecule has 0 spiro atoms. The monoisotopic (exact) mass is 816 g/mol. The summed E-state index contributed by atoms with van der Waals surface area (Å²) in [6.07, 6.45) is 6.89. The highest BCUT2D eigenvalue weighted by molar-refractivity contribution is 6.34. The Morgan fingerprint density at radius 3 is 2.46 bits per heavy atom. The molecule has 6 rings (SSSR count). The van der Waals surface area contributed by atoms with Gasteiger partial charge in [-0.1, -0.05) is 11.6 Å². The molecule has 2 aliphatic heterocycles. The maximum absolute atomic E-state index is 14.9. The highest BCUT2D eigenvalue weighted by atomic mass is 35.5. The first-order chi connectivity index (χ1) is 27.2. The van der Waals surface area contributed by atoms with Crippen LogP contribution in [-0.2, 0) is 9.53 Å². The SMILES string of the molecule is CC(C)(C)OC(=O)N1CCC(CN2CCC(C(=O)NCCCNC(=O)c3ccc(Nc4nccn5c(-c6ccc(OC(F)F)c(F)c6F)cnc45)cc3Cl)CC2)C1. The number of imidazole rings is 1. The van der Waals surface area contributed by atoms with E-state index in [1.54, 1.807) is 11.0 Å². The number of rotatable bonds is 13. The van der Waals surface area contributed by atoms with Gasteiger partial charge in [-0.15, -0.1) is 0 Å². The molecule has 306 valence electrons. The van der Waals surface area contributed by atoms with Crippen molar-refractivity contribution in [2.45, 2.75) is 58.7 Å². The summed E-state index contributed by atoms with van der Waals surface area (Å²) in [5, 5.41) is 9.03. The van der Waals surface area contributed by atoms with Gasteiger partial charge in [-0.05, 0) is 95.8 Å². The molecular formula is C39H45ClF4N8O5. The van der Waals surface area contributed by atoms with Crippen LogP contribution in [0.25, 0.3) is 16.9 Å². The number of anilines is 2. The van der Waals surface area contributed by atoms with E-state index in [4.69, 9.17) is 16.3 Å². The minimum Gasteiger partial charge on any atom is -0.444 e. The molecule has 3 N–H and O–H groups in total. The van der Waals surface area contributed by atoms with Crippen LogP contribution in [-0.4, -0.2) is 100 Å². The second-order valence-corrected chi connectivity index (χ2v) is 15.5. The lowest BCUT2D eigenvalue weighted by Gasteiger charge is -2.33. The van der Waals surface area contributed by atoms with Crippen molar-refractivity contribution >= 4 is 46.7 Å². The summed E-state index contributed by atoms with van der Waals surface area (Å²) in [5.74, 6) is -3.68.